The Labute approximate surface area is 193 Å². The van der Waals surface area contributed by atoms with E-state index in [0.29, 0.717) is 23.7 Å². The Kier molecular flexibility index (Phi) is 5.59. The minimum atomic E-state index is -0.559. The monoisotopic (exact) mass is 452 g/mol. The van der Waals surface area contributed by atoms with Gasteiger partial charge in [-0.15, -0.1) is 0 Å². The summed E-state index contributed by atoms with van der Waals surface area (Å²) in [4.78, 5) is 30.3. The number of benzene rings is 2. The van der Waals surface area contributed by atoms with E-state index in [4.69, 9.17) is 17.3 Å². The highest BCUT2D eigenvalue weighted by Crippen LogP contribution is 2.49. The van der Waals surface area contributed by atoms with E-state index in [1.807, 2.05) is 41.3 Å². The SMILES string of the molecule is NC(=O)C1(c2ccc(C(=O)N3CCNCC3c3ccc(Cl)cc3)c(N3CCCC3)c2)CC1. The lowest BCUT2D eigenvalue weighted by atomic mass is 9.92. The number of carbonyl (C=O) groups is 2. The standard InChI is InChI=1S/C25H29ClN4O2/c26-19-6-3-17(4-7-19)22-16-28-11-14-30(22)23(31)20-8-5-18(25(9-10-25)24(27)32)15-21(20)29-12-1-2-13-29/h3-8,15,22,28H,1-2,9-14,16H2,(H2,27,32). The lowest BCUT2D eigenvalue weighted by Crippen LogP contribution is -2.49. The first-order valence-electron chi connectivity index (χ1n) is 11.5. The van der Waals surface area contributed by atoms with Crippen LogP contribution in [0.5, 0.6) is 0 Å². The fourth-order valence-corrected chi connectivity index (χ4v) is 5.24. The van der Waals surface area contributed by atoms with E-state index in [9.17, 15) is 9.59 Å². The number of hydrogen-bond donors (Lipinski definition) is 2. The van der Waals surface area contributed by atoms with E-state index >= 15 is 0 Å². The van der Waals surface area contributed by atoms with E-state index in [1.165, 1.54) is 0 Å². The largest absolute Gasteiger partial charge is 0.371 e. The molecule has 3 N–H and O–H groups in total. The molecule has 32 heavy (non-hydrogen) atoms. The zero-order valence-corrected chi connectivity index (χ0v) is 18.9. The molecule has 2 heterocycles. The number of nitrogens with one attached hydrogen (secondary N) is 1. The van der Waals surface area contributed by atoms with Crippen molar-refractivity contribution in [3.8, 4) is 0 Å². The number of nitrogens with zero attached hydrogens (tertiary/aromatic N) is 2. The Morgan fingerprint density at radius 1 is 1.03 bits per heavy atom. The van der Waals surface area contributed by atoms with Crippen LogP contribution in [0.3, 0.4) is 0 Å². The third-order valence-electron chi connectivity index (χ3n) is 7.21. The number of nitrogens with two attached hydrogens (primary N) is 1. The predicted octanol–water partition coefficient (Wildman–Crippen LogP) is 3.24. The molecule has 5 rings (SSSR count). The Bertz CT molecular complexity index is 1030. The first kappa shape index (κ1) is 21.3. The average Bonchev–Trinajstić information content (AvgIpc) is 3.46. The molecule has 2 saturated heterocycles. The zero-order valence-electron chi connectivity index (χ0n) is 18.1. The van der Waals surface area contributed by atoms with Crippen molar-refractivity contribution in [2.75, 3.05) is 37.6 Å². The van der Waals surface area contributed by atoms with Gasteiger partial charge in [0.2, 0.25) is 5.91 Å². The molecule has 1 atom stereocenters. The van der Waals surface area contributed by atoms with Gasteiger partial charge in [0, 0.05) is 43.4 Å². The molecule has 7 heteroatoms. The summed E-state index contributed by atoms with van der Waals surface area (Å²) >= 11 is 6.08. The van der Waals surface area contributed by atoms with Gasteiger partial charge in [-0.25, -0.2) is 0 Å². The third-order valence-corrected chi connectivity index (χ3v) is 7.46. The number of piperazine rings is 1. The van der Waals surface area contributed by atoms with Crippen LogP contribution in [-0.4, -0.2) is 49.4 Å². The topological polar surface area (TPSA) is 78.7 Å². The summed E-state index contributed by atoms with van der Waals surface area (Å²) in [7, 11) is 0. The van der Waals surface area contributed by atoms with Gasteiger partial charge in [-0.1, -0.05) is 29.8 Å². The summed E-state index contributed by atoms with van der Waals surface area (Å²) in [6.07, 6.45) is 3.79. The molecule has 2 aromatic carbocycles. The van der Waals surface area contributed by atoms with Crippen LogP contribution in [0, 0.1) is 0 Å². The highest BCUT2D eigenvalue weighted by Gasteiger charge is 2.50. The normalized spacial score (nSPS) is 22.1. The third kappa shape index (κ3) is 3.76. The molecule has 0 bridgehead atoms. The molecule has 3 fully saturated rings. The number of amides is 2. The summed E-state index contributed by atoms with van der Waals surface area (Å²) in [5.41, 5.74) is 8.83. The van der Waals surface area contributed by atoms with Gasteiger partial charge >= 0.3 is 0 Å². The fourth-order valence-electron chi connectivity index (χ4n) is 5.12. The summed E-state index contributed by atoms with van der Waals surface area (Å²) in [6.45, 7) is 3.95. The second-order valence-electron chi connectivity index (χ2n) is 9.14. The number of hydrogen-bond acceptors (Lipinski definition) is 4. The molecule has 6 nitrogen and oxygen atoms in total. The van der Waals surface area contributed by atoms with Crippen molar-refractivity contribution >= 4 is 29.1 Å². The molecule has 2 aromatic rings. The number of anilines is 1. The van der Waals surface area contributed by atoms with E-state index in [2.05, 4.69) is 16.3 Å². The van der Waals surface area contributed by atoms with Crippen molar-refractivity contribution in [1.29, 1.82) is 0 Å². The minimum absolute atomic E-state index is 0.0313. The van der Waals surface area contributed by atoms with Gasteiger partial charge in [0.05, 0.1) is 17.0 Å². The average molecular weight is 453 g/mol. The molecular formula is C25H29ClN4O2. The zero-order chi connectivity index (χ0) is 22.3. The van der Waals surface area contributed by atoms with Crippen molar-refractivity contribution < 1.29 is 9.59 Å². The molecule has 2 amide bonds. The van der Waals surface area contributed by atoms with Gasteiger partial charge in [0.15, 0.2) is 0 Å². The van der Waals surface area contributed by atoms with Gasteiger partial charge in [-0.2, -0.15) is 0 Å². The first-order chi connectivity index (χ1) is 15.5. The smallest absolute Gasteiger partial charge is 0.256 e. The van der Waals surface area contributed by atoms with E-state index < -0.39 is 5.41 Å². The van der Waals surface area contributed by atoms with Crippen LogP contribution >= 0.6 is 11.6 Å². The van der Waals surface area contributed by atoms with Gasteiger partial charge in [0.1, 0.15) is 0 Å². The molecule has 1 aliphatic carbocycles. The van der Waals surface area contributed by atoms with Gasteiger partial charge in [-0.05, 0) is 61.1 Å². The molecule has 1 unspecified atom stereocenters. The maximum atomic E-state index is 13.9. The summed E-state index contributed by atoms with van der Waals surface area (Å²) in [5, 5.41) is 4.10. The van der Waals surface area contributed by atoms with E-state index in [-0.39, 0.29) is 17.9 Å². The maximum Gasteiger partial charge on any atom is 0.256 e. The van der Waals surface area contributed by atoms with Crippen LogP contribution in [0.15, 0.2) is 42.5 Å². The second kappa shape index (κ2) is 8.41. The Morgan fingerprint density at radius 2 is 1.75 bits per heavy atom. The van der Waals surface area contributed by atoms with Crippen molar-refractivity contribution in [3.05, 3.63) is 64.2 Å². The Morgan fingerprint density at radius 3 is 2.41 bits per heavy atom. The number of carbonyl (C=O) groups excluding carboxylic acids is 2. The molecular weight excluding hydrogens is 424 g/mol. The lowest BCUT2D eigenvalue weighted by Gasteiger charge is -2.37. The van der Waals surface area contributed by atoms with E-state index in [0.717, 1.165) is 62.1 Å². The molecule has 1 saturated carbocycles. The number of primary amides is 1. The van der Waals surface area contributed by atoms with Crippen molar-refractivity contribution in [3.63, 3.8) is 0 Å². The van der Waals surface area contributed by atoms with Crippen LogP contribution < -0.4 is 16.0 Å². The first-order valence-corrected chi connectivity index (χ1v) is 11.8. The number of halogens is 1. The van der Waals surface area contributed by atoms with Gasteiger partial charge in [-0.3, -0.25) is 9.59 Å². The second-order valence-corrected chi connectivity index (χ2v) is 9.58. The molecule has 0 aromatic heterocycles. The number of rotatable bonds is 5. The van der Waals surface area contributed by atoms with Gasteiger partial charge in [0.25, 0.3) is 5.91 Å². The highest BCUT2D eigenvalue weighted by atomic mass is 35.5. The van der Waals surface area contributed by atoms with Crippen LogP contribution in [0.2, 0.25) is 5.02 Å². The Balaban J connectivity index is 1.51. The van der Waals surface area contributed by atoms with Crippen LogP contribution in [-0.2, 0) is 10.2 Å². The summed E-state index contributed by atoms with van der Waals surface area (Å²) in [5.74, 6) is -0.238. The van der Waals surface area contributed by atoms with Crippen LogP contribution in [0.4, 0.5) is 5.69 Å². The van der Waals surface area contributed by atoms with Crippen molar-refractivity contribution in [2.45, 2.75) is 37.1 Å². The predicted molar refractivity (Wildman–Crippen MR) is 126 cm³/mol. The fraction of sp³-hybridized carbons (Fsp3) is 0.440. The van der Waals surface area contributed by atoms with Crippen LogP contribution in [0.25, 0.3) is 0 Å². The molecule has 0 radical (unpaired) electrons. The van der Waals surface area contributed by atoms with Crippen molar-refractivity contribution in [2.24, 2.45) is 5.73 Å². The molecule has 2 aliphatic heterocycles. The molecule has 0 spiro atoms. The molecule has 3 aliphatic rings. The van der Waals surface area contributed by atoms with Crippen LogP contribution in [0.1, 0.15) is 53.2 Å². The summed E-state index contributed by atoms with van der Waals surface area (Å²) < 4.78 is 0. The van der Waals surface area contributed by atoms with E-state index in [1.54, 1.807) is 0 Å². The van der Waals surface area contributed by atoms with Crippen molar-refractivity contribution in [1.82, 2.24) is 10.2 Å². The van der Waals surface area contributed by atoms with Gasteiger partial charge < -0.3 is 20.9 Å². The quantitative estimate of drug-likeness (QED) is 0.730. The molecule has 168 valence electrons. The maximum absolute atomic E-state index is 13.9. The lowest BCUT2D eigenvalue weighted by molar-refractivity contribution is -0.120. The Hall–Kier alpha value is -2.57. The summed E-state index contributed by atoms with van der Waals surface area (Å²) in [6, 6.07) is 13.6. The highest BCUT2D eigenvalue weighted by molar-refractivity contribution is 6.30. The minimum Gasteiger partial charge on any atom is -0.371 e.